The van der Waals surface area contributed by atoms with Gasteiger partial charge in [0.2, 0.25) is 0 Å². The highest BCUT2D eigenvalue weighted by atomic mass is 79.9. The lowest BCUT2D eigenvalue weighted by molar-refractivity contribution is -0.118. The predicted molar refractivity (Wildman–Crippen MR) is 129 cm³/mol. The van der Waals surface area contributed by atoms with E-state index in [1.807, 2.05) is 71.6 Å². The zero-order valence-corrected chi connectivity index (χ0v) is 19.1. The number of halogens is 1. The Kier molecular flexibility index (Phi) is 7.07. The molecule has 1 heterocycles. The zero-order chi connectivity index (χ0) is 22.3. The van der Waals surface area contributed by atoms with Crippen molar-refractivity contribution in [3.8, 4) is 5.75 Å². The fourth-order valence-corrected chi connectivity index (χ4v) is 3.83. The van der Waals surface area contributed by atoms with Gasteiger partial charge < -0.3 is 19.9 Å². The fourth-order valence-electron chi connectivity index (χ4n) is 3.56. The maximum Gasteiger partial charge on any atom is 0.262 e. The minimum absolute atomic E-state index is 0.0548. The van der Waals surface area contributed by atoms with Crippen LogP contribution in [0.3, 0.4) is 0 Å². The molecule has 1 saturated heterocycles. The Hall–Kier alpha value is -3.32. The van der Waals surface area contributed by atoms with Crippen LogP contribution < -0.4 is 15.0 Å². The molecule has 1 aliphatic heterocycles. The van der Waals surface area contributed by atoms with Crippen LogP contribution in [0.4, 0.5) is 11.4 Å². The molecule has 0 radical (unpaired) electrons. The number of anilines is 2. The third-order valence-electron chi connectivity index (χ3n) is 5.29. The zero-order valence-electron chi connectivity index (χ0n) is 17.5. The molecule has 0 unspecified atom stereocenters. The van der Waals surface area contributed by atoms with E-state index in [0.29, 0.717) is 18.8 Å². The number of nitrogens with one attached hydrogen (secondary N) is 1. The van der Waals surface area contributed by atoms with Crippen molar-refractivity contribution in [1.29, 1.82) is 0 Å². The third-order valence-corrected chi connectivity index (χ3v) is 5.82. The summed E-state index contributed by atoms with van der Waals surface area (Å²) >= 11 is 3.37. The number of carbonyl (C=O) groups is 2. The summed E-state index contributed by atoms with van der Waals surface area (Å²) in [6.45, 7) is 2.84. The average Bonchev–Trinajstić information content (AvgIpc) is 2.84. The molecule has 6 nitrogen and oxygen atoms in total. The Labute approximate surface area is 195 Å². The summed E-state index contributed by atoms with van der Waals surface area (Å²) in [7, 11) is 0. The fraction of sp³-hybridized carbons (Fsp3) is 0.200. The van der Waals surface area contributed by atoms with Crippen LogP contribution in [-0.4, -0.2) is 49.5 Å². The highest BCUT2D eigenvalue weighted by Crippen LogP contribution is 2.21. The van der Waals surface area contributed by atoms with Gasteiger partial charge in [0.25, 0.3) is 11.8 Å². The number of hydrogen-bond donors (Lipinski definition) is 1. The first-order chi connectivity index (χ1) is 15.6. The summed E-state index contributed by atoms with van der Waals surface area (Å²) < 4.78 is 6.46. The molecule has 3 aromatic carbocycles. The van der Waals surface area contributed by atoms with Crippen LogP contribution in [0.2, 0.25) is 0 Å². The van der Waals surface area contributed by atoms with Crippen LogP contribution in [-0.2, 0) is 4.79 Å². The van der Waals surface area contributed by atoms with Crippen molar-refractivity contribution in [3.63, 3.8) is 0 Å². The molecule has 4 rings (SSSR count). The number of benzene rings is 3. The van der Waals surface area contributed by atoms with E-state index in [4.69, 9.17) is 4.74 Å². The van der Waals surface area contributed by atoms with E-state index in [1.165, 1.54) is 0 Å². The van der Waals surface area contributed by atoms with E-state index in [1.54, 1.807) is 12.1 Å². The molecule has 0 spiro atoms. The van der Waals surface area contributed by atoms with Gasteiger partial charge in [-0.2, -0.15) is 0 Å². The van der Waals surface area contributed by atoms with Gasteiger partial charge in [-0.1, -0.05) is 34.1 Å². The second kappa shape index (κ2) is 10.3. The van der Waals surface area contributed by atoms with Crippen molar-refractivity contribution in [3.05, 3.63) is 88.9 Å². The maximum atomic E-state index is 12.6. The number of rotatable bonds is 6. The quantitative estimate of drug-likeness (QED) is 0.551. The second-order valence-electron chi connectivity index (χ2n) is 7.48. The van der Waals surface area contributed by atoms with Crippen LogP contribution in [0.15, 0.2) is 83.3 Å². The van der Waals surface area contributed by atoms with Crippen molar-refractivity contribution >= 4 is 39.1 Å². The Morgan fingerprint density at radius 2 is 1.50 bits per heavy atom. The van der Waals surface area contributed by atoms with Crippen LogP contribution in [0, 0.1) is 0 Å². The molecule has 32 heavy (non-hydrogen) atoms. The molecule has 0 aromatic heterocycles. The van der Waals surface area contributed by atoms with Gasteiger partial charge in [-0.05, 0) is 60.7 Å². The summed E-state index contributed by atoms with van der Waals surface area (Å²) in [6, 6.07) is 24.5. The molecular weight excluding hydrogens is 470 g/mol. The smallest absolute Gasteiger partial charge is 0.262 e. The average molecular weight is 494 g/mol. The van der Waals surface area contributed by atoms with E-state index < -0.39 is 0 Å². The lowest BCUT2D eigenvalue weighted by Crippen LogP contribution is -2.48. The molecule has 2 amide bonds. The first-order valence-corrected chi connectivity index (χ1v) is 11.3. The highest BCUT2D eigenvalue weighted by Gasteiger charge is 2.22. The van der Waals surface area contributed by atoms with Crippen molar-refractivity contribution in [2.24, 2.45) is 0 Å². The highest BCUT2D eigenvalue weighted by molar-refractivity contribution is 9.10. The topological polar surface area (TPSA) is 61.9 Å². The van der Waals surface area contributed by atoms with E-state index in [-0.39, 0.29) is 18.4 Å². The Morgan fingerprint density at radius 1 is 0.844 bits per heavy atom. The molecule has 3 aromatic rings. The molecule has 164 valence electrons. The number of nitrogens with zero attached hydrogens (tertiary/aromatic N) is 2. The summed E-state index contributed by atoms with van der Waals surface area (Å²) in [4.78, 5) is 28.9. The molecule has 1 fully saturated rings. The van der Waals surface area contributed by atoms with Gasteiger partial charge in [0, 0.05) is 47.6 Å². The molecule has 0 aliphatic carbocycles. The van der Waals surface area contributed by atoms with Gasteiger partial charge in [-0.3, -0.25) is 9.59 Å². The SMILES string of the molecule is O=C(COc1ccc(Br)cc1)Nc1ccc(N2CCN(C(=O)c3ccccc3)CC2)cc1. The summed E-state index contributed by atoms with van der Waals surface area (Å²) in [5.74, 6) is 0.506. The van der Waals surface area contributed by atoms with Crippen LogP contribution in [0.1, 0.15) is 10.4 Å². The summed E-state index contributed by atoms with van der Waals surface area (Å²) in [6.07, 6.45) is 0. The van der Waals surface area contributed by atoms with Crippen molar-refractivity contribution in [1.82, 2.24) is 4.90 Å². The van der Waals surface area contributed by atoms with Gasteiger partial charge >= 0.3 is 0 Å². The first kappa shape index (κ1) is 21.9. The molecule has 0 saturated carbocycles. The van der Waals surface area contributed by atoms with E-state index in [2.05, 4.69) is 26.1 Å². The second-order valence-corrected chi connectivity index (χ2v) is 8.40. The van der Waals surface area contributed by atoms with Crippen molar-refractivity contribution in [2.75, 3.05) is 43.0 Å². The summed E-state index contributed by atoms with van der Waals surface area (Å²) in [5.41, 5.74) is 2.52. The number of amides is 2. The molecular formula is C25H24BrN3O3. The summed E-state index contributed by atoms with van der Waals surface area (Å²) in [5, 5.41) is 2.85. The molecule has 7 heteroatoms. The van der Waals surface area contributed by atoms with E-state index in [0.717, 1.165) is 34.5 Å². The van der Waals surface area contributed by atoms with Gasteiger partial charge in [0.05, 0.1) is 0 Å². The van der Waals surface area contributed by atoms with Crippen LogP contribution in [0.25, 0.3) is 0 Å². The lowest BCUT2D eigenvalue weighted by atomic mass is 10.1. The van der Waals surface area contributed by atoms with Gasteiger partial charge in [-0.25, -0.2) is 0 Å². The number of piperazine rings is 1. The van der Waals surface area contributed by atoms with Crippen molar-refractivity contribution < 1.29 is 14.3 Å². The van der Waals surface area contributed by atoms with Gasteiger partial charge in [-0.15, -0.1) is 0 Å². The molecule has 1 N–H and O–H groups in total. The van der Waals surface area contributed by atoms with E-state index in [9.17, 15) is 9.59 Å². The monoisotopic (exact) mass is 493 g/mol. The van der Waals surface area contributed by atoms with Gasteiger partial charge in [0.1, 0.15) is 5.75 Å². The number of hydrogen-bond acceptors (Lipinski definition) is 4. The minimum atomic E-state index is -0.214. The molecule has 1 aliphatic rings. The van der Waals surface area contributed by atoms with Crippen molar-refractivity contribution in [2.45, 2.75) is 0 Å². The predicted octanol–water partition coefficient (Wildman–Crippen LogP) is 4.43. The molecule has 0 bridgehead atoms. The first-order valence-electron chi connectivity index (χ1n) is 10.5. The number of ether oxygens (including phenoxy) is 1. The molecule has 0 atom stereocenters. The van der Waals surface area contributed by atoms with Crippen LogP contribution in [0.5, 0.6) is 5.75 Å². The largest absolute Gasteiger partial charge is 0.484 e. The maximum absolute atomic E-state index is 12.6. The number of carbonyl (C=O) groups excluding carboxylic acids is 2. The van der Waals surface area contributed by atoms with E-state index >= 15 is 0 Å². The Balaban J connectivity index is 1.25. The van der Waals surface area contributed by atoms with Crippen LogP contribution >= 0.6 is 15.9 Å². The van der Waals surface area contributed by atoms with Gasteiger partial charge in [0.15, 0.2) is 6.61 Å². The normalized spacial score (nSPS) is 13.5. The third kappa shape index (κ3) is 5.68. The Morgan fingerprint density at radius 3 is 2.16 bits per heavy atom. The lowest BCUT2D eigenvalue weighted by Gasteiger charge is -2.36. The minimum Gasteiger partial charge on any atom is -0.484 e. The Bertz CT molecular complexity index is 1050. The standard InChI is InChI=1S/C25H24BrN3O3/c26-20-6-12-23(13-7-20)32-18-24(30)27-21-8-10-22(11-9-21)28-14-16-29(17-15-28)25(31)19-4-2-1-3-5-19/h1-13H,14-18H2,(H,27,30).